The average Bonchev–Trinajstić information content (AvgIpc) is 2.98. The number of aromatic nitrogens is 2. The Kier molecular flexibility index (Phi) is 7.54. The number of carbonyl (C=O) groups excluding carboxylic acids is 1. The summed E-state index contributed by atoms with van der Waals surface area (Å²) in [7, 11) is 5.07. The monoisotopic (exact) mass is 392 g/mol. The number of benzene rings is 1. The number of aryl methyl sites for hydroxylation is 1. The zero-order valence-electron chi connectivity index (χ0n) is 16.6. The van der Waals surface area contributed by atoms with Gasteiger partial charge in [-0.15, -0.1) is 0 Å². The van der Waals surface area contributed by atoms with E-state index in [0.29, 0.717) is 29.5 Å². The van der Waals surface area contributed by atoms with Crippen LogP contribution in [0.15, 0.2) is 18.3 Å². The number of hydrogen-bond donors (Lipinski definition) is 0. The minimum Gasteiger partial charge on any atom is -0.493 e. The third-order valence-corrected chi connectivity index (χ3v) is 5.11. The van der Waals surface area contributed by atoms with E-state index >= 15 is 0 Å². The largest absolute Gasteiger partial charge is 0.493 e. The Bertz CT molecular complexity index is 789. The summed E-state index contributed by atoms with van der Waals surface area (Å²) in [5.74, 6) is 2.14. The molecule has 7 heteroatoms. The van der Waals surface area contributed by atoms with E-state index in [4.69, 9.17) is 21.1 Å². The Hall–Kier alpha value is -2.21. The molecule has 1 amide bonds. The van der Waals surface area contributed by atoms with Crippen molar-refractivity contribution in [2.45, 2.75) is 39.7 Å². The van der Waals surface area contributed by atoms with E-state index in [0.717, 1.165) is 29.9 Å². The molecular formula is C20H27ClN3O3. The van der Waals surface area contributed by atoms with E-state index in [9.17, 15) is 4.79 Å². The summed E-state index contributed by atoms with van der Waals surface area (Å²) in [6, 6.07) is 3.79. The molecule has 1 aromatic heterocycles. The van der Waals surface area contributed by atoms with E-state index in [1.165, 1.54) is 0 Å². The van der Waals surface area contributed by atoms with Gasteiger partial charge in [0.2, 0.25) is 5.91 Å². The minimum absolute atomic E-state index is 0.0964. The summed E-state index contributed by atoms with van der Waals surface area (Å²) in [6.45, 7) is 4.39. The highest BCUT2D eigenvalue weighted by molar-refractivity contribution is 6.33. The molecule has 1 heterocycles. The molecule has 147 valence electrons. The lowest BCUT2D eigenvalue weighted by Crippen LogP contribution is -2.18. The lowest BCUT2D eigenvalue weighted by atomic mass is 9.96. The first-order valence-corrected chi connectivity index (χ1v) is 9.32. The zero-order chi connectivity index (χ0) is 20.0. The van der Waals surface area contributed by atoms with Gasteiger partial charge < -0.3 is 14.0 Å². The molecular weight excluding hydrogens is 366 g/mol. The second-order valence-electron chi connectivity index (χ2n) is 6.71. The Labute approximate surface area is 165 Å². The lowest BCUT2D eigenvalue weighted by Gasteiger charge is -2.16. The Morgan fingerprint density at radius 1 is 1.33 bits per heavy atom. The molecule has 0 aliphatic heterocycles. The first kappa shape index (κ1) is 21.1. The average molecular weight is 393 g/mol. The number of imidazole rings is 1. The molecule has 2 aromatic rings. The second-order valence-corrected chi connectivity index (χ2v) is 7.08. The summed E-state index contributed by atoms with van der Waals surface area (Å²) >= 11 is 6.43. The maximum absolute atomic E-state index is 12.1. The molecule has 0 saturated heterocycles. The van der Waals surface area contributed by atoms with Gasteiger partial charge in [0.1, 0.15) is 12.4 Å². The number of amides is 1. The number of hydrogen-bond acceptors (Lipinski definition) is 4. The highest BCUT2D eigenvalue weighted by Crippen LogP contribution is 2.38. The van der Waals surface area contributed by atoms with E-state index in [1.807, 2.05) is 30.7 Å². The summed E-state index contributed by atoms with van der Waals surface area (Å²) in [5, 5.41) is 4.69. The molecule has 6 nitrogen and oxygen atoms in total. The number of carbonyl (C=O) groups is 1. The van der Waals surface area contributed by atoms with Crippen LogP contribution in [0.1, 0.15) is 36.8 Å². The van der Waals surface area contributed by atoms with Crippen molar-refractivity contribution in [2.75, 3.05) is 14.2 Å². The van der Waals surface area contributed by atoms with Crippen LogP contribution in [0.25, 0.3) is 0 Å². The predicted octanol–water partition coefficient (Wildman–Crippen LogP) is 3.69. The van der Waals surface area contributed by atoms with E-state index in [-0.39, 0.29) is 11.8 Å². The maximum atomic E-state index is 12.1. The first-order valence-electron chi connectivity index (χ1n) is 8.94. The van der Waals surface area contributed by atoms with Gasteiger partial charge in [-0.2, -0.15) is 0 Å². The fraction of sp³-hybridized carbons (Fsp3) is 0.500. The number of nitrogens with zero attached hydrogens (tertiary/aromatic N) is 3. The third-order valence-electron chi connectivity index (χ3n) is 4.70. The van der Waals surface area contributed by atoms with Gasteiger partial charge in [-0.1, -0.05) is 24.6 Å². The van der Waals surface area contributed by atoms with Crippen molar-refractivity contribution in [3.63, 3.8) is 0 Å². The van der Waals surface area contributed by atoms with Crippen LogP contribution in [0, 0.1) is 12.8 Å². The minimum atomic E-state index is -0.0964. The predicted molar refractivity (Wildman–Crippen MR) is 105 cm³/mol. The second kappa shape index (κ2) is 9.65. The lowest BCUT2D eigenvalue weighted by molar-refractivity contribution is -0.121. The molecule has 0 fully saturated rings. The van der Waals surface area contributed by atoms with E-state index in [1.54, 1.807) is 20.4 Å². The SMILES string of the molecule is COc1ccc(CC(C)CCC(=O)[N]Cc2ncc(C)n2C)c(Cl)c1OC. The highest BCUT2D eigenvalue weighted by Gasteiger charge is 2.16. The van der Waals surface area contributed by atoms with Gasteiger partial charge in [0, 0.05) is 25.4 Å². The van der Waals surface area contributed by atoms with Gasteiger partial charge in [-0.3, -0.25) is 4.79 Å². The smallest absolute Gasteiger partial charge is 0.241 e. The van der Waals surface area contributed by atoms with E-state index < -0.39 is 0 Å². The van der Waals surface area contributed by atoms with Crippen molar-refractivity contribution in [1.29, 1.82) is 0 Å². The Morgan fingerprint density at radius 3 is 2.67 bits per heavy atom. The zero-order valence-corrected chi connectivity index (χ0v) is 17.3. The molecule has 0 aliphatic carbocycles. The molecule has 0 spiro atoms. The standard InChI is InChI=1S/C20H27ClN3O3/c1-13(10-15-7-8-16(26-4)20(27-5)19(15)21)6-9-18(25)23-12-17-22-11-14(2)24(17)3/h7-8,11,13H,6,9-10,12H2,1-5H3. The number of methoxy groups -OCH3 is 2. The van der Waals surface area contributed by atoms with Crippen LogP contribution in [-0.4, -0.2) is 29.7 Å². The molecule has 27 heavy (non-hydrogen) atoms. The van der Waals surface area contributed by atoms with Gasteiger partial charge in [0.05, 0.1) is 19.2 Å². The highest BCUT2D eigenvalue weighted by atomic mass is 35.5. The Balaban J connectivity index is 1.84. The molecule has 1 aromatic carbocycles. The molecule has 0 aliphatic rings. The third kappa shape index (κ3) is 5.39. The molecule has 0 saturated carbocycles. The van der Waals surface area contributed by atoms with Crippen molar-refractivity contribution < 1.29 is 14.3 Å². The normalized spacial score (nSPS) is 11.9. The van der Waals surface area contributed by atoms with Crippen molar-refractivity contribution in [1.82, 2.24) is 14.9 Å². The van der Waals surface area contributed by atoms with Gasteiger partial charge >= 0.3 is 0 Å². The molecule has 1 radical (unpaired) electrons. The summed E-state index contributed by atoms with van der Waals surface area (Å²) in [4.78, 5) is 16.3. The van der Waals surface area contributed by atoms with E-state index in [2.05, 4.69) is 17.2 Å². The van der Waals surface area contributed by atoms with Crippen molar-refractivity contribution in [2.24, 2.45) is 13.0 Å². The summed E-state index contributed by atoms with van der Waals surface area (Å²) in [5.41, 5.74) is 2.03. The van der Waals surface area contributed by atoms with Gasteiger partial charge in [-0.05, 0) is 37.3 Å². The maximum Gasteiger partial charge on any atom is 0.241 e. The van der Waals surface area contributed by atoms with Crippen LogP contribution in [0.5, 0.6) is 11.5 Å². The topological polar surface area (TPSA) is 67.5 Å². The van der Waals surface area contributed by atoms with Crippen LogP contribution in [0.4, 0.5) is 0 Å². The fourth-order valence-corrected chi connectivity index (χ4v) is 3.18. The number of rotatable bonds is 9. The molecule has 1 unspecified atom stereocenters. The van der Waals surface area contributed by atoms with Gasteiger partial charge in [-0.25, -0.2) is 10.3 Å². The Morgan fingerprint density at radius 2 is 2.07 bits per heavy atom. The number of ether oxygens (including phenoxy) is 2. The van der Waals surface area contributed by atoms with Crippen LogP contribution in [-0.2, 0) is 24.8 Å². The van der Waals surface area contributed by atoms with Crippen molar-refractivity contribution in [3.05, 3.63) is 40.4 Å². The quantitative estimate of drug-likeness (QED) is 0.652. The van der Waals surface area contributed by atoms with Gasteiger partial charge in [0.15, 0.2) is 11.5 Å². The van der Waals surface area contributed by atoms with Crippen molar-refractivity contribution >= 4 is 17.5 Å². The fourth-order valence-electron chi connectivity index (χ4n) is 2.86. The van der Waals surface area contributed by atoms with Crippen LogP contribution < -0.4 is 14.8 Å². The van der Waals surface area contributed by atoms with Crippen LogP contribution in [0.2, 0.25) is 5.02 Å². The molecule has 2 rings (SSSR count). The molecule has 1 atom stereocenters. The van der Waals surface area contributed by atoms with Crippen LogP contribution in [0.3, 0.4) is 0 Å². The molecule has 0 bridgehead atoms. The molecule has 0 N–H and O–H groups in total. The summed E-state index contributed by atoms with van der Waals surface area (Å²) < 4.78 is 12.5. The summed E-state index contributed by atoms with van der Waals surface area (Å²) in [6.07, 6.45) is 3.69. The number of halogens is 1. The van der Waals surface area contributed by atoms with Gasteiger partial charge in [0.25, 0.3) is 0 Å². The van der Waals surface area contributed by atoms with Crippen molar-refractivity contribution in [3.8, 4) is 11.5 Å². The first-order chi connectivity index (χ1) is 12.9. The van der Waals surface area contributed by atoms with Crippen LogP contribution >= 0.6 is 11.6 Å².